The van der Waals surface area contributed by atoms with Gasteiger partial charge in [0.1, 0.15) is 19.3 Å². The predicted octanol–water partition coefficient (Wildman–Crippen LogP) is 21.0. The van der Waals surface area contributed by atoms with Gasteiger partial charge in [0.05, 0.1) is 26.4 Å². The fraction of sp³-hybridized carbons (Fsp3) is 0.892. The lowest BCUT2D eigenvalue weighted by Crippen LogP contribution is -2.30. The van der Waals surface area contributed by atoms with E-state index in [0.717, 1.165) is 120 Å². The van der Waals surface area contributed by atoms with E-state index in [4.69, 9.17) is 37.0 Å². The summed E-state index contributed by atoms with van der Waals surface area (Å²) < 4.78 is 68.4. The fourth-order valence-corrected chi connectivity index (χ4v) is 12.3. The van der Waals surface area contributed by atoms with E-state index in [1.807, 2.05) is 0 Å². The first-order valence-corrected chi connectivity index (χ1v) is 40.7. The molecule has 19 heteroatoms. The van der Waals surface area contributed by atoms with Gasteiger partial charge in [-0.15, -0.1) is 0 Å². The molecule has 0 radical (unpaired) electrons. The maximum Gasteiger partial charge on any atom is 0.472 e. The SMILES string of the molecule is CCCCCC/C=C\C=C/CCCCCCCC(=O)O[C@H](COC(=O)CCCCCCCCCCCCCC(C)C)COP(=O)(O)OC[C@@H](O)COP(=O)(O)OC[C@@H](COC(=O)CCCCCCCCCCCC(C)C)OC(=O)CCCCCCCCCCCC(C)C. The van der Waals surface area contributed by atoms with Crippen molar-refractivity contribution in [2.24, 2.45) is 17.8 Å². The first-order valence-electron chi connectivity index (χ1n) is 37.7. The van der Waals surface area contributed by atoms with Crippen LogP contribution in [0.15, 0.2) is 24.3 Å². The van der Waals surface area contributed by atoms with Gasteiger partial charge in [0.15, 0.2) is 12.2 Å². The molecule has 3 N–H and O–H groups in total. The molecule has 17 nitrogen and oxygen atoms in total. The molecule has 0 bridgehead atoms. The van der Waals surface area contributed by atoms with Crippen molar-refractivity contribution in [1.29, 1.82) is 0 Å². The van der Waals surface area contributed by atoms with Gasteiger partial charge in [0.2, 0.25) is 0 Å². The molecule has 0 aliphatic heterocycles. The van der Waals surface area contributed by atoms with Crippen LogP contribution < -0.4 is 0 Å². The van der Waals surface area contributed by atoms with E-state index < -0.39 is 97.5 Å². The highest BCUT2D eigenvalue weighted by atomic mass is 31.2. The summed E-state index contributed by atoms with van der Waals surface area (Å²) in [5.74, 6) is 0.0940. The average Bonchev–Trinajstić information content (AvgIpc) is 3.18. The van der Waals surface area contributed by atoms with Gasteiger partial charge in [0.25, 0.3) is 0 Å². The number of aliphatic hydroxyl groups excluding tert-OH is 1. The highest BCUT2D eigenvalue weighted by Crippen LogP contribution is 2.45. The largest absolute Gasteiger partial charge is 0.472 e. The number of ether oxygens (including phenoxy) is 4. The second-order valence-corrected chi connectivity index (χ2v) is 30.3. The first-order chi connectivity index (χ1) is 44.7. The molecule has 0 heterocycles. The van der Waals surface area contributed by atoms with Crippen molar-refractivity contribution in [3.8, 4) is 0 Å². The van der Waals surface area contributed by atoms with Crippen molar-refractivity contribution in [3.05, 3.63) is 24.3 Å². The number of aliphatic hydroxyl groups is 1. The Morgan fingerprint density at radius 1 is 0.333 bits per heavy atom. The van der Waals surface area contributed by atoms with Gasteiger partial charge in [-0.2, -0.15) is 0 Å². The molecule has 2 unspecified atom stereocenters. The Labute approximate surface area is 567 Å². The van der Waals surface area contributed by atoms with Gasteiger partial charge < -0.3 is 33.8 Å². The standard InChI is InChI=1S/C74H140O17P2/c1-8-9-10-11-12-13-14-15-16-17-20-28-36-43-50-57-73(78)90-69(61-84-71(76)55-48-41-34-27-21-18-19-24-31-38-45-52-65(2)3)63-88-92(80,81)86-59-68(75)60-87-93(82,83)89-64-70(91-74(79)58-51-44-37-30-23-26-33-40-47-54-67(6)7)62-85-72(77)56-49-42-35-29-22-25-32-39-46-53-66(4)5/h13-16,65-70,75H,8-12,17-64H2,1-7H3,(H,80,81)(H,82,83)/b14-13-,16-15-/t68-,69-,70-/m1/s1. The number of hydrogen-bond acceptors (Lipinski definition) is 15. The summed E-state index contributed by atoms with van der Waals surface area (Å²) in [6.07, 6.45) is 52.1. The highest BCUT2D eigenvalue weighted by molar-refractivity contribution is 7.47. The van der Waals surface area contributed by atoms with Crippen LogP contribution in [0.25, 0.3) is 0 Å². The lowest BCUT2D eigenvalue weighted by Gasteiger charge is -2.21. The monoisotopic (exact) mass is 1360 g/mol. The summed E-state index contributed by atoms with van der Waals surface area (Å²) >= 11 is 0. The number of esters is 4. The van der Waals surface area contributed by atoms with Crippen LogP contribution in [0.2, 0.25) is 0 Å². The van der Waals surface area contributed by atoms with Crippen LogP contribution in [0, 0.1) is 17.8 Å². The Hall–Kier alpha value is -2.46. The van der Waals surface area contributed by atoms with E-state index in [0.29, 0.717) is 25.7 Å². The molecular formula is C74H140O17P2. The van der Waals surface area contributed by atoms with Gasteiger partial charge in [-0.1, -0.05) is 297 Å². The van der Waals surface area contributed by atoms with E-state index in [9.17, 15) is 43.2 Å². The molecule has 0 spiro atoms. The van der Waals surface area contributed by atoms with Crippen molar-refractivity contribution in [2.75, 3.05) is 39.6 Å². The molecule has 0 aromatic heterocycles. The molecule has 0 amide bonds. The molecule has 0 fully saturated rings. The minimum atomic E-state index is -4.96. The van der Waals surface area contributed by atoms with Gasteiger partial charge in [-0.25, -0.2) is 9.13 Å². The summed E-state index contributed by atoms with van der Waals surface area (Å²) in [5, 5.41) is 10.6. The summed E-state index contributed by atoms with van der Waals surface area (Å²) in [6, 6.07) is 0. The summed E-state index contributed by atoms with van der Waals surface area (Å²) in [7, 11) is -9.92. The minimum absolute atomic E-state index is 0.0845. The van der Waals surface area contributed by atoms with Crippen LogP contribution in [0.3, 0.4) is 0 Å². The van der Waals surface area contributed by atoms with Crippen LogP contribution in [-0.4, -0.2) is 96.7 Å². The lowest BCUT2D eigenvalue weighted by molar-refractivity contribution is -0.161. The average molecular weight is 1360 g/mol. The number of carbonyl (C=O) groups is 4. The summed E-state index contributed by atoms with van der Waals surface area (Å²) in [6.45, 7) is 11.8. The number of rotatable bonds is 70. The highest BCUT2D eigenvalue weighted by Gasteiger charge is 2.30. The maximum atomic E-state index is 13.1. The van der Waals surface area contributed by atoms with Crippen LogP contribution in [0.1, 0.15) is 350 Å². The van der Waals surface area contributed by atoms with E-state index in [-0.39, 0.29) is 25.7 Å². The zero-order valence-corrected chi connectivity index (χ0v) is 62.0. The normalized spacial score (nSPS) is 14.3. The molecule has 93 heavy (non-hydrogen) atoms. The predicted molar refractivity (Wildman–Crippen MR) is 377 cm³/mol. The number of phosphoric ester groups is 2. The topological polar surface area (TPSA) is 237 Å². The van der Waals surface area contributed by atoms with Gasteiger partial charge in [-0.3, -0.25) is 37.3 Å². The van der Waals surface area contributed by atoms with Crippen LogP contribution in [0.4, 0.5) is 0 Å². The molecule has 0 saturated carbocycles. The minimum Gasteiger partial charge on any atom is -0.462 e. The van der Waals surface area contributed by atoms with E-state index >= 15 is 0 Å². The van der Waals surface area contributed by atoms with E-state index in [1.165, 1.54) is 148 Å². The molecule has 0 aliphatic carbocycles. The van der Waals surface area contributed by atoms with Crippen LogP contribution >= 0.6 is 15.6 Å². The molecule has 548 valence electrons. The number of phosphoric acid groups is 2. The zero-order valence-electron chi connectivity index (χ0n) is 60.2. The summed E-state index contributed by atoms with van der Waals surface area (Å²) in [5.41, 5.74) is 0. The van der Waals surface area contributed by atoms with Crippen LogP contribution in [-0.2, 0) is 65.4 Å². The van der Waals surface area contributed by atoms with E-state index in [1.54, 1.807) is 0 Å². The Morgan fingerprint density at radius 3 is 0.871 bits per heavy atom. The zero-order chi connectivity index (χ0) is 68.7. The molecule has 0 aliphatic rings. The van der Waals surface area contributed by atoms with Crippen molar-refractivity contribution in [1.82, 2.24) is 0 Å². The number of carbonyl (C=O) groups excluding carboxylic acids is 4. The third kappa shape index (κ3) is 67.9. The Kier molecular flexibility index (Phi) is 62.5. The lowest BCUT2D eigenvalue weighted by atomic mass is 10.0. The second-order valence-electron chi connectivity index (χ2n) is 27.4. The smallest absolute Gasteiger partial charge is 0.462 e. The van der Waals surface area contributed by atoms with Gasteiger partial charge >= 0.3 is 39.5 Å². The van der Waals surface area contributed by atoms with Crippen LogP contribution in [0.5, 0.6) is 0 Å². The number of allylic oxidation sites excluding steroid dienone is 4. The van der Waals surface area contributed by atoms with Gasteiger partial charge in [0, 0.05) is 25.7 Å². The fourth-order valence-electron chi connectivity index (χ4n) is 10.7. The Morgan fingerprint density at radius 2 is 0.581 bits per heavy atom. The Balaban J connectivity index is 5.30. The van der Waals surface area contributed by atoms with E-state index in [2.05, 4.69) is 72.8 Å². The van der Waals surface area contributed by atoms with Crippen molar-refractivity contribution < 1.29 is 80.2 Å². The molecule has 0 saturated heterocycles. The van der Waals surface area contributed by atoms with Crippen molar-refractivity contribution >= 4 is 39.5 Å². The molecule has 0 aromatic carbocycles. The first kappa shape index (κ1) is 90.5. The van der Waals surface area contributed by atoms with Gasteiger partial charge in [-0.05, 0) is 69.1 Å². The third-order valence-corrected chi connectivity index (χ3v) is 18.4. The molecule has 0 aromatic rings. The quantitative estimate of drug-likeness (QED) is 0.0169. The second kappa shape index (κ2) is 64.2. The van der Waals surface area contributed by atoms with Crippen molar-refractivity contribution in [3.63, 3.8) is 0 Å². The molecular weight excluding hydrogens is 1220 g/mol. The number of hydrogen-bond donors (Lipinski definition) is 3. The number of unbranched alkanes of at least 4 members (excludes halogenated alkanes) is 35. The van der Waals surface area contributed by atoms with Crippen molar-refractivity contribution in [2.45, 2.75) is 369 Å². The third-order valence-electron chi connectivity index (χ3n) is 16.5. The Bertz CT molecular complexity index is 1910. The summed E-state index contributed by atoms with van der Waals surface area (Å²) in [4.78, 5) is 72.7. The molecule has 5 atom stereocenters. The molecule has 0 rings (SSSR count). The maximum absolute atomic E-state index is 13.1.